The highest BCUT2D eigenvalue weighted by atomic mass is 32.2. The summed E-state index contributed by atoms with van der Waals surface area (Å²) >= 11 is 0. The Kier molecular flexibility index (Phi) is 4.06. The fourth-order valence-corrected chi connectivity index (χ4v) is 3.65. The molecule has 3 rings (SSSR count). The minimum absolute atomic E-state index is 0.0629. The molecule has 2 N–H and O–H groups in total. The van der Waals surface area contributed by atoms with Gasteiger partial charge >= 0.3 is 0 Å². The molecular weight excluding hydrogens is 335 g/mol. The molecule has 0 bridgehead atoms. The fraction of sp³-hybridized carbons (Fsp3) is 0.214. The zero-order chi connectivity index (χ0) is 17.3. The van der Waals surface area contributed by atoms with Crippen LogP contribution in [-0.4, -0.2) is 33.4 Å². The molecule has 0 aliphatic heterocycles. The summed E-state index contributed by atoms with van der Waals surface area (Å²) in [6.45, 7) is 3.34. The summed E-state index contributed by atoms with van der Waals surface area (Å²) in [6.07, 6.45) is 1.33. The Labute approximate surface area is 137 Å². The highest BCUT2D eigenvalue weighted by Gasteiger charge is 2.23. The molecule has 3 aromatic rings. The average molecular weight is 350 g/mol. The van der Waals surface area contributed by atoms with E-state index in [1.807, 2.05) is 0 Å². The van der Waals surface area contributed by atoms with Crippen LogP contribution in [0.25, 0.3) is 0 Å². The predicted octanol–water partition coefficient (Wildman–Crippen LogP) is 1.61. The summed E-state index contributed by atoms with van der Waals surface area (Å²) in [5, 5.41) is 10.5. The lowest BCUT2D eigenvalue weighted by Crippen LogP contribution is -2.16. The van der Waals surface area contributed by atoms with Crippen molar-refractivity contribution in [2.45, 2.75) is 25.3 Å². The molecule has 0 fully saturated rings. The van der Waals surface area contributed by atoms with E-state index in [1.54, 1.807) is 32.0 Å². The standard InChI is InChI=1S/C14H15FN6O2S/c1-9-13(10(2)18-17-9)24(22,23)20-14-16-8-21(19-14)7-11-5-3-4-6-12(11)15/h3-6,8H,7H2,1-2H3,(H,17,18)(H,19,20). The average Bonchev–Trinajstić information content (AvgIpc) is 3.08. The van der Waals surface area contributed by atoms with Crippen molar-refractivity contribution < 1.29 is 12.8 Å². The summed E-state index contributed by atoms with van der Waals surface area (Å²) in [5.41, 5.74) is 1.20. The van der Waals surface area contributed by atoms with E-state index in [4.69, 9.17) is 0 Å². The van der Waals surface area contributed by atoms with Gasteiger partial charge in [-0.05, 0) is 19.9 Å². The van der Waals surface area contributed by atoms with Gasteiger partial charge in [0.15, 0.2) is 0 Å². The molecule has 0 saturated heterocycles. The molecule has 0 atom stereocenters. The monoisotopic (exact) mass is 350 g/mol. The minimum atomic E-state index is -3.86. The van der Waals surface area contributed by atoms with Crippen molar-refractivity contribution in [3.63, 3.8) is 0 Å². The Balaban J connectivity index is 1.80. The van der Waals surface area contributed by atoms with Gasteiger partial charge in [0.25, 0.3) is 16.0 Å². The van der Waals surface area contributed by atoms with Crippen LogP contribution < -0.4 is 4.72 Å². The molecule has 0 unspecified atom stereocenters. The third kappa shape index (κ3) is 3.13. The Bertz CT molecular complexity index is 959. The summed E-state index contributed by atoms with van der Waals surface area (Å²) in [4.78, 5) is 3.97. The quantitative estimate of drug-likeness (QED) is 0.727. The lowest BCUT2D eigenvalue weighted by molar-refractivity contribution is 0.584. The van der Waals surface area contributed by atoms with Crippen LogP contribution in [0.15, 0.2) is 35.5 Å². The summed E-state index contributed by atoms with van der Waals surface area (Å²) < 4.78 is 42.1. The van der Waals surface area contributed by atoms with Gasteiger partial charge in [0.05, 0.1) is 17.9 Å². The number of hydrogen-bond acceptors (Lipinski definition) is 5. The lowest BCUT2D eigenvalue weighted by Gasteiger charge is -2.05. The van der Waals surface area contributed by atoms with Crippen LogP contribution in [0.4, 0.5) is 10.3 Å². The van der Waals surface area contributed by atoms with Gasteiger partial charge in [-0.3, -0.25) is 5.10 Å². The van der Waals surface area contributed by atoms with Crippen LogP contribution in [-0.2, 0) is 16.6 Å². The molecule has 0 spiro atoms. The molecule has 10 heteroatoms. The molecule has 24 heavy (non-hydrogen) atoms. The SMILES string of the molecule is Cc1n[nH]c(C)c1S(=O)(=O)Nc1ncn(Cc2ccccc2F)n1. The van der Waals surface area contributed by atoms with E-state index in [0.29, 0.717) is 17.0 Å². The maximum atomic E-state index is 13.6. The number of nitrogens with one attached hydrogen (secondary N) is 2. The molecule has 2 aromatic heterocycles. The van der Waals surface area contributed by atoms with Crippen LogP contribution in [0.5, 0.6) is 0 Å². The molecule has 2 heterocycles. The molecule has 126 valence electrons. The van der Waals surface area contributed by atoms with Gasteiger partial charge < -0.3 is 0 Å². The smallest absolute Gasteiger partial charge is 0.267 e. The van der Waals surface area contributed by atoms with E-state index in [2.05, 4.69) is 25.0 Å². The van der Waals surface area contributed by atoms with Gasteiger partial charge in [-0.15, -0.1) is 5.10 Å². The molecule has 0 amide bonds. The van der Waals surface area contributed by atoms with E-state index in [-0.39, 0.29) is 23.2 Å². The molecule has 1 aromatic carbocycles. The van der Waals surface area contributed by atoms with Crippen LogP contribution in [0.2, 0.25) is 0 Å². The van der Waals surface area contributed by atoms with Gasteiger partial charge in [-0.25, -0.2) is 22.2 Å². The molecule has 8 nitrogen and oxygen atoms in total. The van der Waals surface area contributed by atoms with E-state index < -0.39 is 10.0 Å². The number of nitrogens with zero attached hydrogens (tertiary/aromatic N) is 4. The first-order valence-corrected chi connectivity index (χ1v) is 8.52. The number of aryl methyl sites for hydroxylation is 2. The van der Waals surface area contributed by atoms with E-state index >= 15 is 0 Å². The first-order valence-electron chi connectivity index (χ1n) is 7.04. The van der Waals surface area contributed by atoms with Crippen molar-refractivity contribution in [3.8, 4) is 0 Å². The number of aromatic nitrogens is 5. The van der Waals surface area contributed by atoms with Crippen molar-refractivity contribution in [2.24, 2.45) is 0 Å². The molecule has 0 saturated carbocycles. The second-order valence-corrected chi connectivity index (χ2v) is 6.85. The van der Waals surface area contributed by atoms with Gasteiger partial charge in [0, 0.05) is 5.56 Å². The van der Waals surface area contributed by atoms with Gasteiger partial charge in [0.1, 0.15) is 17.0 Å². The van der Waals surface area contributed by atoms with Crippen LogP contribution in [0, 0.1) is 19.7 Å². The van der Waals surface area contributed by atoms with Crippen molar-refractivity contribution in [2.75, 3.05) is 4.72 Å². The first kappa shape index (κ1) is 16.1. The number of anilines is 1. The number of benzene rings is 1. The summed E-state index contributed by atoms with van der Waals surface area (Å²) in [7, 11) is -3.86. The molecule has 0 aliphatic rings. The Morgan fingerprint density at radius 3 is 2.71 bits per heavy atom. The summed E-state index contributed by atoms with van der Waals surface area (Å²) in [6, 6.07) is 6.28. The highest BCUT2D eigenvalue weighted by Crippen LogP contribution is 2.19. The van der Waals surface area contributed by atoms with E-state index in [0.717, 1.165) is 0 Å². The topological polar surface area (TPSA) is 106 Å². The van der Waals surface area contributed by atoms with Gasteiger partial charge in [0.2, 0.25) is 0 Å². The lowest BCUT2D eigenvalue weighted by atomic mass is 10.2. The van der Waals surface area contributed by atoms with Crippen LogP contribution in [0.3, 0.4) is 0 Å². The fourth-order valence-electron chi connectivity index (χ4n) is 2.33. The predicted molar refractivity (Wildman–Crippen MR) is 84.4 cm³/mol. The molecular formula is C14H15FN6O2S. The molecule has 0 radical (unpaired) electrons. The first-order chi connectivity index (χ1) is 11.4. The third-order valence-electron chi connectivity index (χ3n) is 3.38. The minimum Gasteiger partial charge on any atom is -0.281 e. The van der Waals surface area contributed by atoms with E-state index in [1.165, 1.54) is 17.1 Å². The number of halogens is 1. The number of aromatic amines is 1. The van der Waals surface area contributed by atoms with Crippen molar-refractivity contribution in [3.05, 3.63) is 53.4 Å². The maximum absolute atomic E-state index is 13.6. The number of rotatable bonds is 5. The Hall–Kier alpha value is -2.75. The maximum Gasteiger partial charge on any atom is 0.267 e. The Morgan fingerprint density at radius 1 is 1.29 bits per heavy atom. The van der Waals surface area contributed by atoms with E-state index in [9.17, 15) is 12.8 Å². The second kappa shape index (κ2) is 6.04. The highest BCUT2D eigenvalue weighted by molar-refractivity contribution is 7.92. The largest absolute Gasteiger partial charge is 0.281 e. The zero-order valence-corrected chi connectivity index (χ0v) is 13.8. The molecule has 0 aliphatic carbocycles. The zero-order valence-electron chi connectivity index (χ0n) is 13.0. The van der Waals surface area contributed by atoms with Crippen molar-refractivity contribution in [1.82, 2.24) is 25.0 Å². The van der Waals surface area contributed by atoms with Crippen LogP contribution in [0.1, 0.15) is 17.0 Å². The van der Waals surface area contributed by atoms with Gasteiger partial charge in [-0.1, -0.05) is 18.2 Å². The van der Waals surface area contributed by atoms with Crippen LogP contribution >= 0.6 is 0 Å². The second-order valence-electron chi connectivity index (χ2n) is 5.23. The van der Waals surface area contributed by atoms with Crippen molar-refractivity contribution in [1.29, 1.82) is 0 Å². The number of hydrogen-bond donors (Lipinski definition) is 2. The van der Waals surface area contributed by atoms with Gasteiger partial charge in [-0.2, -0.15) is 10.1 Å². The van der Waals surface area contributed by atoms with Crippen molar-refractivity contribution >= 4 is 16.0 Å². The Morgan fingerprint density at radius 2 is 2.04 bits per heavy atom. The third-order valence-corrected chi connectivity index (χ3v) is 4.97. The normalized spacial score (nSPS) is 11.6. The number of H-pyrrole nitrogens is 1. The summed E-state index contributed by atoms with van der Waals surface area (Å²) in [5.74, 6) is -0.453. The number of sulfonamides is 1.